The average Bonchev–Trinajstić information content (AvgIpc) is 2.45. The number of nitrogens with zero attached hydrogens (tertiary/aromatic N) is 3. The van der Waals surface area contributed by atoms with E-state index in [1.807, 2.05) is 0 Å². The van der Waals surface area contributed by atoms with E-state index in [-0.39, 0.29) is 17.4 Å². The summed E-state index contributed by atoms with van der Waals surface area (Å²) < 4.78 is 10.2. The molecule has 20 heavy (non-hydrogen) atoms. The van der Waals surface area contributed by atoms with E-state index in [9.17, 15) is 10.1 Å². The summed E-state index contributed by atoms with van der Waals surface area (Å²) in [6.07, 6.45) is 0. The van der Waals surface area contributed by atoms with Crippen LogP contribution in [0.4, 0.5) is 5.69 Å². The van der Waals surface area contributed by atoms with E-state index in [1.54, 1.807) is 7.05 Å². The number of benzene rings is 1. The number of aromatic nitrogens is 2. The first kappa shape index (κ1) is 13.9. The number of ether oxygens (including phenoxy) is 2. The predicted molar refractivity (Wildman–Crippen MR) is 72.1 cm³/mol. The molecule has 106 valence electrons. The van der Waals surface area contributed by atoms with Crippen molar-refractivity contribution in [2.45, 2.75) is 6.54 Å². The minimum Gasteiger partial charge on any atom is -0.477 e. The van der Waals surface area contributed by atoms with Gasteiger partial charge in [0.05, 0.1) is 24.7 Å². The lowest BCUT2D eigenvalue weighted by atomic mass is 10.1. The predicted octanol–water partition coefficient (Wildman–Crippen LogP) is 1.27. The Morgan fingerprint density at radius 2 is 1.90 bits per heavy atom. The van der Waals surface area contributed by atoms with Crippen LogP contribution in [0.5, 0.6) is 11.8 Å². The van der Waals surface area contributed by atoms with Crippen LogP contribution in [0.3, 0.4) is 0 Å². The molecule has 2 rings (SSSR count). The summed E-state index contributed by atoms with van der Waals surface area (Å²) in [5.74, 6) is 0.433. The molecule has 0 fully saturated rings. The third-order valence-electron chi connectivity index (χ3n) is 2.74. The molecule has 2 aromatic rings. The second-order valence-corrected chi connectivity index (χ2v) is 4.00. The first-order valence-electron chi connectivity index (χ1n) is 5.82. The molecule has 0 spiro atoms. The number of methoxy groups -OCH3 is 2. The lowest BCUT2D eigenvalue weighted by molar-refractivity contribution is -0.384. The van der Waals surface area contributed by atoms with Gasteiger partial charge in [0.1, 0.15) is 5.52 Å². The van der Waals surface area contributed by atoms with Gasteiger partial charge in [0.2, 0.25) is 0 Å². The molecule has 1 N–H and O–H groups in total. The maximum Gasteiger partial charge on any atom is 0.278 e. The number of hydrogen-bond acceptors (Lipinski definition) is 7. The summed E-state index contributed by atoms with van der Waals surface area (Å²) in [5.41, 5.74) is 1.57. The molecule has 8 nitrogen and oxygen atoms in total. The topological polar surface area (TPSA) is 99.4 Å². The fourth-order valence-electron chi connectivity index (χ4n) is 1.88. The number of nitrogens with one attached hydrogen (secondary N) is 1. The van der Waals surface area contributed by atoms with Crippen molar-refractivity contribution in [1.29, 1.82) is 0 Å². The third kappa shape index (κ3) is 2.45. The van der Waals surface area contributed by atoms with Crippen LogP contribution in [0, 0.1) is 10.1 Å². The van der Waals surface area contributed by atoms with Crippen LogP contribution in [0.1, 0.15) is 5.56 Å². The highest BCUT2D eigenvalue weighted by molar-refractivity contribution is 5.82. The van der Waals surface area contributed by atoms with E-state index < -0.39 is 4.92 Å². The summed E-state index contributed by atoms with van der Waals surface area (Å²) in [6, 6.07) is 2.84. The van der Waals surface area contributed by atoms with E-state index >= 15 is 0 Å². The summed E-state index contributed by atoms with van der Waals surface area (Å²) in [6.45, 7) is 0.433. The zero-order valence-electron chi connectivity index (χ0n) is 11.3. The molecule has 0 amide bonds. The molecule has 1 heterocycles. The van der Waals surface area contributed by atoms with Crippen molar-refractivity contribution in [3.63, 3.8) is 0 Å². The summed E-state index contributed by atoms with van der Waals surface area (Å²) in [7, 11) is 4.64. The lowest BCUT2D eigenvalue weighted by Gasteiger charge is -2.09. The van der Waals surface area contributed by atoms with Gasteiger partial charge in [-0.2, -0.15) is 0 Å². The molecule has 0 unspecified atom stereocenters. The largest absolute Gasteiger partial charge is 0.477 e. The number of fused-ring (bicyclic) bond motifs is 1. The smallest absolute Gasteiger partial charge is 0.278 e. The van der Waals surface area contributed by atoms with Gasteiger partial charge in [-0.3, -0.25) is 10.1 Å². The van der Waals surface area contributed by atoms with Crippen LogP contribution < -0.4 is 14.8 Å². The summed E-state index contributed by atoms with van der Waals surface area (Å²) in [5, 5.41) is 13.9. The van der Waals surface area contributed by atoms with E-state index in [0.717, 1.165) is 0 Å². The zero-order valence-corrected chi connectivity index (χ0v) is 11.3. The van der Waals surface area contributed by atoms with Crippen LogP contribution >= 0.6 is 0 Å². The van der Waals surface area contributed by atoms with Crippen LogP contribution in [-0.4, -0.2) is 36.2 Å². The molecule has 8 heteroatoms. The number of rotatable bonds is 5. The Balaban J connectivity index is 2.75. The fourth-order valence-corrected chi connectivity index (χ4v) is 1.88. The maximum absolute atomic E-state index is 11.0. The van der Waals surface area contributed by atoms with Crippen molar-refractivity contribution in [2.75, 3.05) is 21.3 Å². The third-order valence-corrected chi connectivity index (χ3v) is 2.74. The van der Waals surface area contributed by atoms with Crippen molar-refractivity contribution in [3.8, 4) is 11.8 Å². The zero-order chi connectivity index (χ0) is 14.7. The summed E-state index contributed by atoms with van der Waals surface area (Å²) >= 11 is 0. The first-order chi connectivity index (χ1) is 9.60. The Bertz CT molecular complexity index is 659. The number of hydrogen-bond donors (Lipinski definition) is 1. The van der Waals surface area contributed by atoms with E-state index in [4.69, 9.17) is 9.47 Å². The summed E-state index contributed by atoms with van der Waals surface area (Å²) in [4.78, 5) is 19.0. The van der Waals surface area contributed by atoms with Gasteiger partial charge in [0, 0.05) is 24.2 Å². The van der Waals surface area contributed by atoms with Gasteiger partial charge in [0.15, 0.2) is 0 Å². The average molecular weight is 278 g/mol. The second-order valence-electron chi connectivity index (χ2n) is 4.00. The molecule has 0 bridgehead atoms. The highest BCUT2D eigenvalue weighted by Gasteiger charge is 2.17. The molecule has 1 aromatic heterocycles. The Kier molecular flexibility index (Phi) is 3.94. The van der Waals surface area contributed by atoms with Gasteiger partial charge < -0.3 is 14.8 Å². The van der Waals surface area contributed by atoms with Crippen LogP contribution in [0.15, 0.2) is 12.1 Å². The van der Waals surface area contributed by atoms with Crippen molar-refractivity contribution < 1.29 is 14.4 Å². The van der Waals surface area contributed by atoms with E-state index in [0.29, 0.717) is 23.1 Å². The lowest BCUT2D eigenvalue weighted by Crippen LogP contribution is -2.08. The second kappa shape index (κ2) is 5.66. The molecule has 0 saturated carbocycles. The molecular formula is C12H14N4O4. The van der Waals surface area contributed by atoms with Crippen LogP contribution in [0.2, 0.25) is 0 Å². The maximum atomic E-state index is 11.0. The Hall–Kier alpha value is -2.48. The van der Waals surface area contributed by atoms with Crippen LogP contribution in [-0.2, 0) is 6.54 Å². The molecule has 0 saturated heterocycles. The first-order valence-corrected chi connectivity index (χ1v) is 5.82. The van der Waals surface area contributed by atoms with Crippen LogP contribution in [0.25, 0.3) is 11.0 Å². The van der Waals surface area contributed by atoms with Crippen molar-refractivity contribution in [3.05, 3.63) is 27.8 Å². The van der Waals surface area contributed by atoms with Gasteiger partial charge in [-0.15, -0.1) is 0 Å². The highest BCUT2D eigenvalue weighted by Crippen LogP contribution is 2.29. The minimum atomic E-state index is -0.461. The molecule has 0 aliphatic heterocycles. The van der Waals surface area contributed by atoms with Crippen molar-refractivity contribution >= 4 is 16.7 Å². The molecule has 1 aromatic carbocycles. The standard InChI is InChI=1S/C12H14N4O4/c1-13-6-7-4-8(16(17)18)5-9-10(7)15-12(20-3)11(14-9)19-2/h4-5,13H,6H2,1-3H3. The van der Waals surface area contributed by atoms with E-state index in [1.165, 1.54) is 26.4 Å². The fraction of sp³-hybridized carbons (Fsp3) is 0.333. The van der Waals surface area contributed by atoms with Gasteiger partial charge in [-0.1, -0.05) is 0 Å². The molecule has 0 aliphatic carbocycles. The van der Waals surface area contributed by atoms with Crippen molar-refractivity contribution in [2.24, 2.45) is 0 Å². The Labute approximate surface area is 114 Å². The molecular weight excluding hydrogens is 264 g/mol. The normalized spacial score (nSPS) is 10.6. The SMILES string of the molecule is CNCc1cc([N+](=O)[O-])cc2nc(OC)c(OC)nc12. The minimum absolute atomic E-state index is 0.0377. The van der Waals surface area contributed by atoms with Gasteiger partial charge in [-0.25, -0.2) is 9.97 Å². The van der Waals surface area contributed by atoms with Gasteiger partial charge in [-0.05, 0) is 7.05 Å². The Morgan fingerprint density at radius 3 is 2.45 bits per heavy atom. The van der Waals surface area contributed by atoms with Gasteiger partial charge >= 0.3 is 0 Å². The van der Waals surface area contributed by atoms with E-state index in [2.05, 4.69) is 15.3 Å². The molecule has 0 aliphatic rings. The number of nitro groups is 1. The molecule has 0 atom stereocenters. The number of nitro benzene ring substituents is 1. The van der Waals surface area contributed by atoms with Crippen molar-refractivity contribution in [1.82, 2.24) is 15.3 Å². The highest BCUT2D eigenvalue weighted by atomic mass is 16.6. The molecule has 0 radical (unpaired) electrons. The van der Waals surface area contributed by atoms with Gasteiger partial charge in [0.25, 0.3) is 17.4 Å². The quantitative estimate of drug-likeness (QED) is 0.649. The number of non-ortho nitro benzene ring substituents is 1. The Morgan fingerprint density at radius 1 is 1.25 bits per heavy atom. The monoisotopic (exact) mass is 278 g/mol.